The van der Waals surface area contributed by atoms with Crippen LogP contribution < -0.4 is 11.1 Å². The van der Waals surface area contributed by atoms with Crippen molar-refractivity contribution >= 4 is 35.6 Å². The molecule has 1 saturated carbocycles. The fraction of sp³-hybridized carbons (Fsp3) is 0.533. The summed E-state index contributed by atoms with van der Waals surface area (Å²) in [5.74, 6) is 1.83. The van der Waals surface area contributed by atoms with Gasteiger partial charge in [0.2, 0.25) is 0 Å². The van der Waals surface area contributed by atoms with Crippen LogP contribution in [-0.4, -0.2) is 12.0 Å². The minimum absolute atomic E-state index is 0. The van der Waals surface area contributed by atoms with Crippen molar-refractivity contribution < 1.29 is 0 Å². The molecule has 2 rings (SSSR count). The number of nitrogens with one attached hydrogen (secondary N) is 1. The van der Waals surface area contributed by atoms with E-state index in [2.05, 4.69) is 55.3 Å². The van der Waals surface area contributed by atoms with Gasteiger partial charge in [0.15, 0.2) is 5.96 Å². The number of hydrogen-bond acceptors (Lipinski definition) is 1. The summed E-state index contributed by atoms with van der Waals surface area (Å²) in [5.41, 5.74) is 8.25. The number of rotatable bonds is 4. The van der Waals surface area contributed by atoms with Gasteiger partial charge in [-0.05, 0) is 42.4 Å². The zero-order valence-corrected chi connectivity index (χ0v) is 14.2. The zero-order chi connectivity index (χ0) is 13.1. The molecule has 0 bridgehead atoms. The van der Waals surface area contributed by atoms with Crippen LogP contribution in [0.2, 0.25) is 0 Å². The molecule has 0 saturated heterocycles. The van der Waals surface area contributed by atoms with Crippen LogP contribution in [0.25, 0.3) is 0 Å². The maximum atomic E-state index is 5.87. The molecule has 19 heavy (non-hydrogen) atoms. The lowest BCUT2D eigenvalue weighted by Gasteiger charge is -2.10. The van der Waals surface area contributed by atoms with E-state index in [-0.39, 0.29) is 24.0 Å². The molecule has 0 aliphatic heterocycles. The summed E-state index contributed by atoms with van der Waals surface area (Å²) in [6.07, 6.45) is 2.32. The van der Waals surface area contributed by atoms with E-state index in [1.807, 2.05) is 0 Å². The average molecular weight is 373 g/mol. The minimum Gasteiger partial charge on any atom is -0.370 e. The first-order valence-electron chi connectivity index (χ1n) is 6.80. The lowest BCUT2D eigenvalue weighted by atomic mass is 9.99. The Morgan fingerprint density at radius 2 is 2.00 bits per heavy atom. The van der Waals surface area contributed by atoms with Crippen molar-refractivity contribution in [3.63, 3.8) is 0 Å². The Kier molecular flexibility index (Phi) is 6.10. The van der Waals surface area contributed by atoms with Gasteiger partial charge in [-0.15, -0.1) is 24.0 Å². The average Bonchev–Trinajstić information content (AvgIpc) is 3.04. The molecule has 1 aromatic carbocycles. The molecule has 3 unspecified atom stereocenters. The Balaban J connectivity index is 0.00000180. The molecule has 0 radical (unpaired) electrons. The molecule has 0 aromatic heterocycles. The van der Waals surface area contributed by atoms with Crippen LogP contribution in [0.3, 0.4) is 0 Å². The molecule has 0 amide bonds. The predicted molar refractivity (Wildman–Crippen MR) is 93.4 cm³/mol. The van der Waals surface area contributed by atoms with Gasteiger partial charge < -0.3 is 11.1 Å². The van der Waals surface area contributed by atoms with Crippen molar-refractivity contribution in [2.24, 2.45) is 16.6 Å². The van der Waals surface area contributed by atoms with E-state index in [0.717, 1.165) is 18.5 Å². The molecule has 0 heterocycles. The molecule has 3 atom stereocenters. The Hall–Kier alpha value is -0.780. The highest BCUT2D eigenvalue weighted by atomic mass is 127. The molecular weight excluding hydrogens is 349 g/mol. The number of halogens is 1. The van der Waals surface area contributed by atoms with Gasteiger partial charge in [-0.2, -0.15) is 0 Å². The second-order valence-electron chi connectivity index (χ2n) is 5.35. The van der Waals surface area contributed by atoms with Crippen LogP contribution in [0, 0.1) is 5.92 Å². The summed E-state index contributed by atoms with van der Waals surface area (Å²) < 4.78 is 0. The normalized spacial score (nSPS) is 23.4. The smallest absolute Gasteiger partial charge is 0.193 e. The second-order valence-corrected chi connectivity index (χ2v) is 5.35. The Morgan fingerprint density at radius 3 is 2.47 bits per heavy atom. The van der Waals surface area contributed by atoms with Crippen LogP contribution in [0.4, 0.5) is 5.69 Å². The van der Waals surface area contributed by atoms with Crippen molar-refractivity contribution in [3.8, 4) is 0 Å². The van der Waals surface area contributed by atoms with Gasteiger partial charge >= 0.3 is 0 Å². The summed E-state index contributed by atoms with van der Waals surface area (Å²) in [6, 6.07) is 8.88. The fourth-order valence-corrected chi connectivity index (χ4v) is 1.97. The molecule has 1 fully saturated rings. The van der Waals surface area contributed by atoms with Gasteiger partial charge in [-0.25, -0.2) is 4.99 Å². The highest BCUT2D eigenvalue weighted by molar-refractivity contribution is 14.0. The Bertz CT molecular complexity index is 428. The number of hydrogen-bond donors (Lipinski definition) is 2. The maximum Gasteiger partial charge on any atom is 0.193 e. The predicted octanol–water partition coefficient (Wildman–Crippen LogP) is 3.95. The van der Waals surface area contributed by atoms with E-state index < -0.39 is 0 Å². The third-order valence-electron chi connectivity index (χ3n) is 3.74. The molecule has 4 heteroatoms. The van der Waals surface area contributed by atoms with E-state index in [9.17, 15) is 0 Å². The number of nitrogens with zero attached hydrogens (tertiary/aromatic N) is 1. The largest absolute Gasteiger partial charge is 0.370 e. The van der Waals surface area contributed by atoms with Gasteiger partial charge in [0.25, 0.3) is 0 Å². The van der Waals surface area contributed by atoms with E-state index in [1.165, 1.54) is 5.56 Å². The van der Waals surface area contributed by atoms with Crippen LogP contribution in [0.15, 0.2) is 29.3 Å². The Morgan fingerprint density at radius 1 is 1.42 bits per heavy atom. The molecule has 106 valence electrons. The van der Waals surface area contributed by atoms with Crippen LogP contribution in [-0.2, 0) is 0 Å². The summed E-state index contributed by atoms with van der Waals surface area (Å²) in [5, 5.41) is 3.15. The van der Waals surface area contributed by atoms with Crippen molar-refractivity contribution in [2.45, 2.75) is 45.6 Å². The van der Waals surface area contributed by atoms with Gasteiger partial charge in [0.1, 0.15) is 0 Å². The van der Waals surface area contributed by atoms with Crippen molar-refractivity contribution in [2.75, 3.05) is 5.32 Å². The highest BCUT2D eigenvalue weighted by Gasteiger charge is 2.32. The molecule has 0 spiro atoms. The maximum absolute atomic E-state index is 5.87. The third-order valence-corrected chi connectivity index (χ3v) is 3.74. The van der Waals surface area contributed by atoms with Gasteiger partial charge in [0, 0.05) is 5.69 Å². The highest BCUT2D eigenvalue weighted by Crippen LogP contribution is 2.32. The summed E-state index contributed by atoms with van der Waals surface area (Å²) >= 11 is 0. The van der Waals surface area contributed by atoms with Crippen molar-refractivity contribution in [1.82, 2.24) is 0 Å². The standard InChI is InChI=1S/C15H23N3.HI/c1-4-10(2)12-5-7-13(8-6-12)17-15(16)18-14-9-11(14)3;/h5-8,10-11,14H,4,9H2,1-3H3,(H3,16,17,18);1H. The van der Waals surface area contributed by atoms with Gasteiger partial charge in [-0.3, -0.25) is 0 Å². The van der Waals surface area contributed by atoms with E-state index >= 15 is 0 Å². The molecule has 1 aliphatic carbocycles. The zero-order valence-electron chi connectivity index (χ0n) is 11.9. The first-order valence-corrected chi connectivity index (χ1v) is 6.80. The van der Waals surface area contributed by atoms with E-state index in [4.69, 9.17) is 5.73 Å². The lowest BCUT2D eigenvalue weighted by molar-refractivity contribution is 0.734. The van der Waals surface area contributed by atoms with E-state index in [1.54, 1.807) is 0 Å². The summed E-state index contributed by atoms with van der Waals surface area (Å²) in [6.45, 7) is 6.65. The number of anilines is 1. The van der Waals surface area contributed by atoms with Gasteiger partial charge in [-0.1, -0.05) is 32.9 Å². The topological polar surface area (TPSA) is 50.4 Å². The molecule has 3 N–H and O–H groups in total. The fourth-order valence-electron chi connectivity index (χ4n) is 1.97. The SMILES string of the molecule is CCC(C)c1ccc(NC(N)=NC2CC2C)cc1.I. The number of nitrogens with two attached hydrogens (primary N) is 1. The first kappa shape index (κ1) is 16.3. The third kappa shape index (κ3) is 4.67. The molecular formula is C15H24IN3. The number of aliphatic imine (C=N–C) groups is 1. The first-order chi connectivity index (χ1) is 8.60. The lowest BCUT2D eigenvalue weighted by Crippen LogP contribution is -2.23. The molecule has 3 nitrogen and oxygen atoms in total. The second kappa shape index (κ2) is 7.12. The quantitative estimate of drug-likeness (QED) is 0.477. The molecule has 1 aliphatic rings. The monoisotopic (exact) mass is 373 g/mol. The van der Waals surface area contributed by atoms with Crippen LogP contribution in [0.1, 0.15) is 45.1 Å². The van der Waals surface area contributed by atoms with Crippen molar-refractivity contribution in [3.05, 3.63) is 29.8 Å². The van der Waals surface area contributed by atoms with Gasteiger partial charge in [0.05, 0.1) is 6.04 Å². The summed E-state index contributed by atoms with van der Waals surface area (Å²) in [7, 11) is 0. The van der Waals surface area contributed by atoms with Crippen LogP contribution >= 0.6 is 24.0 Å². The van der Waals surface area contributed by atoms with Crippen LogP contribution in [0.5, 0.6) is 0 Å². The Labute approximate surface area is 133 Å². The number of guanidine groups is 1. The van der Waals surface area contributed by atoms with E-state index in [0.29, 0.717) is 23.8 Å². The minimum atomic E-state index is 0. The van der Waals surface area contributed by atoms with Crippen molar-refractivity contribution in [1.29, 1.82) is 0 Å². The molecule has 1 aromatic rings. The number of benzene rings is 1. The summed E-state index contributed by atoms with van der Waals surface area (Å²) in [4.78, 5) is 4.42.